The molecule has 1 saturated heterocycles. The molecule has 100 valence electrons. The number of nitrogens with one attached hydrogen (secondary N) is 1. The van der Waals surface area contributed by atoms with Gasteiger partial charge in [0, 0.05) is 0 Å². The van der Waals surface area contributed by atoms with E-state index in [1.807, 2.05) is 19.1 Å². The van der Waals surface area contributed by atoms with E-state index in [1.165, 1.54) is 0 Å². The van der Waals surface area contributed by atoms with Crippen LogP contribution in [0.1, 0.15) is 5.56 Å². The normalized spacial score (nSPS) is 18.8. The predicted molar refractivity (Wildman–Crippen MR) is 74.3 cm³/mol. The van der Waals surface area contributed by atoms with Crippen LogP contribution in [0.25, 0.3) is 0 Å². The molecule has 0 aliphatic carbocycles. The molecule has 0 spiro atoms. The average molecular weight is 299 g/mol. The van der Waals surface area contributed by atoms with Gasteiger partial charge in [-0.05, 0) is 30.8 Å². The number of aryl methyl sites for hydroxylation is 1. The summed E-state index contributed by atoms with van der Waals surface area (Å²) in [5.74, 6) is -1.19. The summed E-state index contributed by atoms with van der Waals surface area (Å²) in [6.07, 6.45) is 0. The Kier molecular flexibility index (Phi) is 4.11. The number of thioether (sulfide) groups is 1. The number of rotatable bonds is 3. The van der Waals surface area contributed by atoms with Crippen molar-refractivity contribution in [3.05, 3.63) is 29.8 Å². The molecule has 19 heavy (non-hydrogen) atoms. The Morgan fingerprint density at radius 2 is 2.00 bits per heavy atom. The van der Waals surface area contributed by atoms with Crippen molar-refractivity contribution in [1.29, 1.82) is 0 Å². The van der Waals surface area contributed by atoms with Gasteiger partial charge in [0.2, 0.25) is 5.91 Å². The summed E-state index contributed by atoms with van der Waals surface area (Å²) in [6, 6.07) is 7.01. The summed E-state index contributed by atoms with van der Waals surface area (Å²) < 4.78 is 0. The fourth-order valence-electron chi connectivity index (χ4n) is 1.61. The van der Waals surface area contributed by atoms with Crippen molar-refractivity contribution in [3.63, 3.8) is 0 Å². The molecular formula is C12H11ClN2O3S. The van der Waals surface area contributed by atoms with Crippen LogP contribution < -0.4 is 10.2 Å². The number of carbonyl (C=O) groups is 3. The molecule has 3 amide bonds. The summed E-state index contributed by atoms with van der Waals surface area (Å²) in [6.45, 7) is 1.91. The zero-order chi connectivity index (χ0) is 14.0. The topological polar surface area (TPSA) is 66.5 Å². The van der Waals surface area contributed by atoms with Gasteiger partial charge in [0.1, 0.15) is 5.88 Å². The quantitative estimate of drug-likeness (QED) is 0.865. The summed E-state index contributed by atoms with van der Waals surface area (Å²) in [5.41, 5.74) is 1.53. The molecule has 1 heterocycles. The van der Waals surface area contributed by atoms with Crippen molar-refractivity contribution < 1.29 is 14.4 Å². The smallest absolute Gasteiger partial charge is 0.295 e. The molecule has 0 bridgehead atoms. The number of halogens is 1. The molecular weight excluding hydrogens is 288 g/mol. The second kappa shape index (κ2) is 5.63. The monoisotopic (exact) mass is 298 g/mol. The molecule has 1 aliphatic rings. The summed E-state index contributed by atoms with van der Waals surface area (Å²) >= 11 is 6.13. The minimum absolute atomic E-state index is 0.247. The minimum atomic E-state index is -0.903. The van der Waals surface area contributed by atoms with E-state index in [9.17, 15) is 14.4 Å². The maximum atomic E-state index is 12.1. The Labute approximate surface area is 119 Å². The van der Waals surface area contributed by atoms with Crippen molar-refractivity contribution in [2.75, 3.05) is 10.8 Å². The molecule has 1 aliphatic heterocycles. The molecule has 2 rings (SSSR count). The Hall–Kier alpha value is -1.53. The predicted octanol–water partition coefficient (Wildman–Crippen LogP) is 1.88. The molecule has 1 aromatic carbocycles. The number of alkyl halides is 1. The Morgan fingerprint density at radius 3 is 2.58 bits per heavy atom. The van der Waals surface area contributed by atoms with Crippen molar-refractivity contribution in [1.82, 2.24) is 5.32 Å². The molecule has 0 radical (unpaired) electrons. The van der Waals surface area contributed by atoms with E-state index in [-0.39, 0.29) is 5.88 Å². The van der Waals surface area contributed by atoms with E-state index in [0.29, 0.717) is 5.69 Å². The van der Waals surface area contributed by atoms with Gasteiger partial charge in [-0.3, -0.25) is 14.4 Å². The lowest BCUT2D eigenvalue weighted by Crippen LogP contribution is -2.41. The van der Waals surface area contributed by atoms with E-state index < -0.39 is 22.4 Å². The van der Waals surface area contributed by atoms with Gasteiger partial charge < -0.3 is 5.32 Å². The second-order valence-electron chi connectivity index (χ2n) is 3.97. The minimum Gasteiger partial charge on any atom is -0.335 e. The largest absolute Gasteiger partial charge is 0.335 e. The van der Waals surface area contributed by atoms with Crippen LogP contribution in [-0.2, 0) is 9.59 Å². The highest BCUT2D eigenvalue weighted by atomic mass is 35.5. The first-order chi connectivity index (χ1) is 9.02. The number of carbonyl (C=O) groups excluding carboxylic acids is 3. The van der Waals surface area contributed by atoms with Crippen molar-refractivity contribution in [3.8, 4) is 0 Å². The lowest BCUT2D eigenvalue weighted by atomic mass is 10.2. The fourth-order valence-corrected chi connectivity index (χ4v) is 2.59. The van der Waals surface area contributed by atoms with Crippen molar-refractivity contribution >= 4 is 46.1 Å². The van der Waals surface area contributed by atoms with Crippen LogP contribution in [0.4, 0.5) is 10.5 Å². The molecule has 5 nitrogen and oxygen atoms in total. The first-order valence-electron chi connectivity index (χ1n) is 5.49. The van der Waals surface area contributed by atoms with Crippen LogP contribution in [0.5, 0.6) is 0 Å². The van der Waals surface area contributed by atoms with Gasteiger partial charge in [-0.1, -0.05) is 17.7 Å². The van der Waals surface area contributed by atoms with Crippen LogP contribution in [0.15, 0.2) is 24.3 Å². The van der Waals surface area contributed by atoms with Gasteiger partial charge in [-0.25, -0.2) is 4.90 Å². The molecule has 1 N–H and O–H groups in total. The van der Waals surface area contributed by atoms with Crippen LogP contribution >= 0.6 is 23.4 Å². The standard InChI is InChI=1S/C12H11ClN2O3S/c1-7-2-4-8(5-3-7)15-11(17)10(19-12(15)18)14-9(16)6-13/h2-5,10H,6H2,1H3,(H,14,16). The molecule has 1 unspecified atom stereocenters. The van der Waals surface area contributed by atoms with Gasteiger partial charge in [0.25, 0.3) is 11.1 Å². The van der Waals surface area contributed by atoms with Gasteiger partial charge >= 0.3 is 0 Å². The highest BCUT2D eigenvalue weighted by Gasteiger charge is 2.41. The van der Waals surface area contributed by atoms with E-state index in [0.717, 1.165) is 22.2 Å². The SMILES string of the molecule is Cc1ccc(N2C(=O)SC(NC(=O)CCl)C2=O)cc1. The molecule has 1 fully saturated rings. The first kappa shape index (κ1) is 13.9. The third-order valence-electron chi connectivity index (χ3n) is 2.55. The highest BCUT2D eigenvalue weighted by molar-refractivity contribution is 8.15. The Morgan fingerprint density at radius 1 is 1.37 bits per heavy atom. The third kappa shape index (κ3) is 2.90. The highest BCUT2D eigenvalue weighted by Crippen LogP contribution is 2.30. The molecule has 7 heteroatoms. The third-order valence-corrected chi connectivity index (χ3v) is 3.73. The lowest BCUT2D eigenvalue weighted by molar-refractivity contribution is -0.123. The summed E-state index contributed by atoms with van der Waals surface area (Å²) in [5, 5.41) is 1.09. The first-order valence-corrected chi connectivity index (χ1v) is 6.91. The summed E-state index contributed by atoms with van der Waals surface area (Å²) in [4.78, 5) is 36.1. The Bertz CT molecular complexity index is 532. The second-order valence-corrected chi connectivity index (χ2v) is 5.30. The van der Waals surface area contributed by atoms with Crippen molar-refractivity contribution in [2.24, 2.45) is 0 Å². The van der Waals surface area contributed by atoms with Gasteiger partial charge in [-0.2, -0.15) is 0 Å². The van der Waals surface area contributed by atoms with Crippen LogP contribution in [0.2, 0.25) is 0 Å². The maximum Gasteiger partial charge on any atom is 0.295 e. The average Bonchev–Trinajstić information content (AvgIpc) is 2.66. The zero-order valence-electron chi connectivity index (χ0n) is 10.1. The molecule has 0 saturated carbocycles. The summed E-state index contributed by atoms with van der Waals surface area (Å²) in [7, 11) is 0. The van der Waals surface area contributed by atoms with Crippen LogP contribution in [-0.4, -0.2) is 28.3 Å². The number of hydrogen-bond acceptors (Lipinski definition) is 4. The Balaban J connectivity index is 2.19. The van der Waals surface area contributed by atoms with Gasteiger partial charge in [0.05, 0.1) is 5.69 Å². The molecule has 1 aromatic rings. The lowest BCUT2D eigenvalue weighted by Gasteiger charge is -2.14. The van der Waals surface area contributed by atoms with Gasteiger partial charge in [0.15, 0.2) is 5.37 Å². The molecule has 1 atom stereocenters. The number of hydrogen-bond donors (Lipinski definition) is 1. The van der Waals surface area contributed by atoms with E-state index in [4.69, 9.17) is 11.6 Å². The van der Waals surface area contributed by atoms with E-state index in [1.54, 1.807) is 12.1 Å². The van der Waals surface area contributed by atoms with Crippen LogP contribution in [0.3, 0.4) is 0 Å². The van der Waals surface area contributed by atoms with E-state index >= 15 is 0 Å². The number of amides is 3. The number of imide groups is 1. The number of anilines is 1. The molecule has 0 aromatic heterocycles. The zero-order valence-corrected chi connectivity index (χ0v) is 11.6. The number of benzene rings is 1. The van der Waals surface area contributed by atoms with Crippen LogP contribution in [0, 0.1) is 6.92 Å². The van der Waals surface area contributed by atoms with Gasteiger partial charge in [-0.15, -0.1) is 11.6 Å². The van der Waals surface area contributed by atoms with E-state index in [2.05, 4.69) is 5.32 Å². The maximum absolute atomic E-state index is 12.1. The number of nitrogens with zero attached hydrogens (tertiary/aromatic N) is 1. The van der Waals surface area contributed by atoms with Crippen molar-refractivity contribution in [2.45, 2.75) is 12.3 Å². The fraction of sp³-hybridized carbons (Fsp3) is 0.250.